The number of piperidine rings is 1. The number of hydrogen-bond donors (Lipinski definition) is 1. The van der Waals surface area contributed by atoms with Crippen LogP contribution < -0.4 is 5.43 Å². The molecule has 3 rings (SSSR count). The van der Waals surface area contributed by atoms with Crippen molar-refractivity contribution < 1.29 is 0 Å². The molecule has 3 aliphatic rings. The molecule has 3 fully saturated rings. The summed E-state index contributed by atoms with van der Waals surface area (Å²) in [7, 11) is 0. The number of hydrogen-bond acceptors (Lipinski definition) is 2. The summed E-state index contributed by atoms with van der Waals surface area (Å²) in [5, 5.41) is 2.59. The van der Waals surface area contributed by atoms with Gasteiger partial charge in [0, 0.05) is 18.1 Å². The second kappa shape index (κ2) is 4.46. The van der Waals surface area contributed by atoms with Crippen LogP contribution in [0.1, 0.15) is 73.1 Å². The Morgan fingerprint density at radius 3 is 2.11 bits per heavy atom. The molecule has 0 aromatic rings. The number of rotatable bonds is 2. The van der Waals surface area contributed by atoms with Crippen molar-refractivity contribution >= 4 is 0 Å². The van der Waals surface area contributed by atoms with Crippen LogP contribution in [0.3, 0.4) is 0 Å². The molecule has 0 aromatic carbocycles. The fraction of sp³-hybridized carbons (Fsp3) is 1.00. The Morgan fingerprint density at radius 1 is 1.00 bits per heavy atom. The largest absolute Gasteiger partial charge is 0.251 e. The maximum absolute atomic E-state index is 3.98. The van der Waals surface area contributed by atoms with E-state index in [1.807, 2.05) is 0 Å². The van der Waals surface area contributed by atoms with Crippen LogP contribution in [0.5, 0.6) is 0 Å². The lowest BCUT2D eigenvalue weighted by Gasteiger charge is -2.46. The third kappa shape index (κ3) is 1.90. The molecule has 1 saturated heterocycles. The molecule has 1 N–H and O–H groups in total. The van der Waals surface area contributed by atoms with Crippen LogP contribution in [0.2, 0.25) is 0 Å². The third-order valence-corrected chi connectivity index (χ3v) is 7.29. The molecule has 2 heteroatoms. The molecule has 0 amide bonds. The predicted molar refractivity (Wildman–Crippen MR) is 80.8 cm³/mol. The summed E-state index contributed by atoms with van der Waals surface area (Å²) in [5.74, 6) is 0.936. The van der Waals surface area contributed by atoms with Gasteiger partial charge in [0.15, 0.2) is 0 Å². The quantitative estimate of drug-likeness (QED) is 0.812. The average Bonchev–Trinajstić information content (AvgIpc) is 2.67. The molecule has 2 bridgehead atoms. The Hall–Kier alpha value is -0.0800. The van der Waals surface area contributed by atoms with Gasteiger partial charge in [-0.1, -0.05) is 27.2 Å². The Morgan fingerprint density at radius 2 is 1.63 bits per heavy atom. The Labute approximate surface area is 119 Å². The molecule has 2 saturated carbocycles. The molecule has 5 atom stereocenters. The van der Waals surface area contributed by atoms with E-state index in [-0.39, 0.29) is 0 Å². The molecule has 2 aliphatic carbocycles. The first kappa shape index (κ1) is 13.9. The lowest BCUT2D eigenvalue weighted by molar-refractivity contribution is -0.00658. The van der Waals surface area contributed by atoms with Gasteiger partial charge in [0.2, 0.25) is 0 Å². The van der Waals surface area contributed by atoms with Gasteiger partial charge in [-0.2, -0.15) is 0 Å². The van der Waals surface area contributed by atoms with Gasteiger partial charge in [-0.3, -0.25) is 5.43 Å². The fourth-order valence-electron chi connectivity index (χ4n) is 5.25. The normalized spacial score (nSPS) is 49.7. The number of fused-ring (bicyclic) bond motifs is 2. The maximum atomic E-state index is 3.98. The van der Waals surface area contributed by atoms with Crippen LogP contribution in [0.25, 0.3) is 0 Å². The highest BCUT2D eigenvalue weighted by Gasteiger charge is 2.61. The van der Waals surface area contributed by atoms with E-state index >= 15 is 0 Å². The molecule has 0 radical (unpaired) electrons. The van der Waals surface area contributed by atoms with Gasteiger partial charge in [0.1, 0.15) is 0 Å². The minimum Gasteiger partial charge on any atom is -0.251 e. The smallest absolute Gasteiger partial charge is 0.0277 e. The van der Waals surface area contributed by atoms with Crippen molar-refractivity contribution in [2.75, 3.05) is 0 Å². The predicted octanol–water partition coefficient (Wildman–Crippen LogP) is 3.97. The van der Waals surface area contributed by atoms with Crippen molar-refractivity contribution in [1.29, 1.82) is 0 Å². The first-order chi connectivity index (χ1) is 8.86. The lowest BCUT2D eigenvalue weighted by atomic mass is 9.69. The summed E-state index contributed by atoms with van der Waals surface area (Å²) in [5.41, 5.74) is 4.99. The molecule has 5 unspecified atom stereocenters. The summed E-state index contributed by atoms with van der Waals surface area (Å²) >= 11 is 0. The van der Waals surface area contributed by atoms with E-state index in [0.29, 0.717) is 29.0 Å². The molecule has 110 valence electrons. The van der Waals surface area contributed by atoms with Crippen molar-refractivity contribution in [2.24, 2.45) is 16.7 Å². The molecule has 1 aliphatic heterocycles. The van der Waals surface area contributed by atoms with E-state index in [2.05, 4.69) is 45.1 Å². The highest BCUT2D eigenvalue weighted by molar-refractivity contribution is 5.12. The molecular weight excluding hydrogens is 232 g/mol. The Balaban J connectivity index is 1.74. The van der Waals surface area contributed by atoms with Crippen LogP contribution in [0.15, 0.2) is 0 Å². The van der Waals surface area contributed by atoms with Gasteiger partial charge in [0.05, 0.1) is 0 Å². The SMILES string of the molecule is CC1CCCC(C)N1NC1CC2CCC1(C)C2(C)C. The van der Waals surface area contributed by atoms with Crippen LogP contribution in [-0.2, 0) is 0 Å². The van der Waals surface area contributed by atoms with Crippen LogP contribution >= 0.6 is 0 Å². The zero-order chi connectivity index (χ0) is 13.8. The standard InChI is InChI=1S/C17H32N2/c1-12-7-6-8-13(2)19(12)18-15-11-14-9-10-17(15,5)16(14,3)4/h12-15,18H,6-11H2,1-5H3. The Bertz CT molecular complexity index is 341. The topological polar surface area (TPSA) is 15.3 Å². The van der Waals surface area contributed by atoms with Gasteiger partial charge in [-0.15, -0.1) is 0 Å². The zero-order valence-electron chi connectivity index (χ0n) is 13.5. The molecule has 1 heterocycles. The van der Waals surface area contributed by atoms with Crippen molar-refractivity contribution in [3.63, 3.8) is 0 Å². The fourth-order valence-corrected chi connectivity index (χ4v) is 5.25. The van der Waals surface area contributed by atoms with Crippen LogP contribution in [-0.4, -0.2) is 23.1 Å². The second-order valence-corrected chi connectivity index (χ2v) is 8.33. The third-order valence-electron chi connectivity index (χ3n) is 7.29. The summed E-state index contributed by atoms with van der Waals surface area (Å²) in [6, 6.07) is 2.11. The van der Waals surface area contributed by atoms with Crippen molar-refractivity contribution in [3.05, 3.63) is 0 Å². The second-order valence-electron chi connectivity index (χ2n) is 8.33. The Kier molecular flexibility index (Phi) is 3.26. The lowest BCUT2D eigenvalue weighted by Crippen LogP contribution is -2.59. The first-order valence-electron chi connectivity index (χ1n) is 8.41. The van der Waals surface area contributed by atoms with E-state index in [1.54, 1.807) is 0 Å². The summed E-state index contributed by atoms with van der Waals surface area (Å²) in [6.45, 7) is 12.3. The van der Waals surface area contributed by atoms with Crippen LogP contribution in [0, 0.1) is 16.7 Å². The minimum atomic E-state index is 0.495. The molecule has 2 nitrogen and oxygen atoms in total. The molecule has 0 spiro atoms. The van der Waals surface area contributed by atoms with E-state index < -0.39 is 0 Å². The molecular formula is C17H32N2. The summed E-state index contributed by atoms with van der Waals surface area (Å²) < 4.78 is 0. The maximum Gasteiger partial charge on any atom is 0.0277 e. The van der Waals surface area contributed by atoms with Gasteiger partial charge in [-0.25, -0.2) is 5.01 Å². The number of nitrogens with zero attached hydrogens (tertiary/aromatic N) is 1. The van der Waals surface area contributed by atoms with E-state index in [4.69, 9.17) is 0 Å². The summed E-state index contributed by atoms with van der Waals surface area (Å²) in [6.07, 6.45) is 8.36. The molecule has 0 aromatic heterocycles. The van der Waals surface area contributed by atoms with E-state index in [9.17, 15) is 0 Å². The highest BCUT2D eigenvalue weighted by atomic mass is 15.5. The van der Waals surface area contributed by atoms with Crippen molar-refractivity contribution in [3.8, 4) is 0 Å². The van der Waals surface area contributed by atoms with Gasteiger partial charge >= 0.3 is 0 Å². The highest BCUT2D eigenvalue weighted by Crippen LogP contribution is 2.65. The van der Waals surface area contributed by atoms with Crippen LogP contribution in [0.4, 0.5) is 0 Å². The van der Waals surface area contributed by atoms with Gasteiger partial charge in [-0.05, 0) is 62.7 Å². The van der Waals surface area contributed by atoms with E-state index in [1.165, 1.54) is 38.5 Å². The van der Waals surface area contributed by atoms with E-state index in [0.717, 1.165) is 5.92 Å². The monoisotopic (exact) mass is 264 g/mol. The first-order valence-corrected chi connectivity index (χ1v) is 8.41. The summed E-state index contributed by atoms with van der Waals surface area (Å²) in [4.78, 5) is 0. The number of hydrazine groups is 1. The van der Waals surface area contributed by atoms with Crippen molar-refractivity contribution in [2.45, 2.75) is 91.3 Å². The van der Waals surface area contributed by atoms with Gasteiger partial charge in [0.25, 0.3) is 0 Å². The average molecular weight is 264 g/mol. The number of nitrogens with one attached hydrogen (secondary N) is 1. The minimum absolute atomic E-state index is 0.495. The van der Waals surface area contributed by atoms with Crippen molar-refractivity contribution in [1.82, 2.24) is 10.4 Å². The molecule has 19 heavy (non-hydrogen) atoms. The van der Waals surface area contributed by atoms with Gasteiger partial charge < -0.3 is 0 Å². The zero-order valence-corrected chi connectivity index (χ0v) is 13.5.